The number of carbonyl (C=O) groups excluding carboxylic acids is 1. The summed E-state index contributed by atoms with van der Waals surface area (Å²) in [6.45, 7) is 3.89. The second-order valence-electron chi connectivity index (χ2n) is 5.25. The quantitative estimate of drug-likeness (QED) is 0.779. The van der Waals surface area contributed by atoms with Gasteiger partial charge in [-0.05, 0) is 38.1 Å². The van der Waals surface area contributed by atoms with Crippen molar-refractivity contribution in [2.45, 2.75) is 19.9 Å². The lowest BCUT2D eigenvalue weighted by Crippen LogP contribution is -2.26. The first-order chi connectivity index (χ1) is 10.1. The summed E-state index contributed by atoms with van der Waals surface area (Å²) >= 11 is 0. The number of carbonyl (C=O) groups is 1. The van der Waals surface area contributed by atoms with E-state index >= 15 is 0 Å². The molecule has 0 bridgehead atoms. The fourth-order valence-corrected chi connectivity index (χ4v) is 2.35. The van der Waals surface area contributed by atoms with Crippen LogP contribution in [0.25, 0.3) is 11.0 Å². The SMILES string of the molecule is Cc1cccc(C(=O)N[C@@H](C)c2cc3ccccc3o2)c1. The maximum Gasteiger partial charge on any atom is 0.251 e. The van der Waals surface area contributed by atoms with Crippen LogP contribution in [0.1, 0.15) is 34.6 Å². The van der Waals surface area contributed by atoms with Crippen molar-refractivity contribution in [3.63, 3.8) is 0 Å². The van der Waals surface area contributed by atoms with Crippen LogP contribution in [0.3, 0.4) is 0 Å². The van der Waals surface area contributed by atoms with Gasteiger partial charge in [0.2, 0.25) is 0 Å². The summed E-state index contributed by atoms with van der Waals surface area (Å²) in [6.07, 6.45) is 0. The van der Waals surface area contributed by atoms with Crippen molar-refractivity contribution >= 4 is 16.9 Å². The van der Waals surface area contributed by atoms with Crippen LogP contribution in [0.15, 0.2) is 59.0 Å². The Morgan fingerprint density at radius 1 is 1.10 bits per heavy atom. The number of aryl methyl sites for hydroxylation is 1. The van der Waals surface area contributed by atoms with E-state index in [9.17, 15) is 4.79 Å². The summed E-state index contributed by atoms with van der Waals surface area (Å²) in [5.41, 5.74) is 2.57. The van der Waals surface area contributed by atoms with Crippen molar-refractivity contribution in [2.24, 2.45) is 0 Å². The smallest absolute Gasteiger partial charge is 0.251 e. The van der Waals surface area contributed by atoms with Gasteiger partial charge in [0.05, 0.1) is 6.04 Å². The Bertz CT molecular complexity index is 756. The number of hydrogen-bond donors (Lipinski definition) is 1. The first kappa shape index (κ1) is 13.4. The first-order valence-electron chi connectivity index (χ1n) is 6.99. The first-order valence-corrected chi connectivity index (χ1v) is 6.99. The number of rotatable bonds is 3. The predicted octanol–water partition coefficient (Wildman–Crippen LogP) is 4.23. The maximum atomic E-state index is 12.2. The van der Waals surface area contributed by atoms with Crippen LogP contribution in [0, 0.1) is 6.92 Å². The Balaban J connectivity index is 1.79. The van der Waals surface area contributed by atoms with Gasteiger partial charge in [-0.3, -0.25) is 4.79 Å². The Labute approximate surface area is 123 Å². The van der Waals surface area contributed by atoms with Crippen LogP contribution >= 0.6 is 0 Å². The summed E-state index contributed by atoms with van der Waals surface area (Å²) in [7, 11) is 0. The van der Waals surface area contributed by atoms with Gasteiger partial charge in [-0.15, -0.1) is 0 Å². The van der Waals surface area contributed by atoms with Gasteiger partial charge in [0.25, 0.3) is 5.91 Å². The van der Waals surface area contributed by atoms with E-state index in [0.29, 0.717) is 5.56 Å². The summed E-state index contributed by atoms with van der Waals surface area (Å²) in [5.74, 6) is 0.670. The molecule has 3 aromatic rings. The molecule has 1 heterocycles. The van der Waals surface area contributed by atoms with Crippen molar-refractivity contribution in [3.05, 3.63) is 71.5 Å². The third-order valence-electron chi connectivity index (χ3n) is 3.50. The monoisotopic (exact) mass is 279 g/mol. The lowest BCUT2D eigenvalue weighted by Gasteiger charge is -2.11. The van der Waals surface area contributed by atoms with Crippen LogP contribution in [0.2, 0.25) is 0 Å². The highest BCUT2D eigenvalue weighted by atomic mass is 16.3. The van der Waals surface area contributed by atoms with Gasteiger partial charge < -0.3 is 9.73 Å². The summed E-state index contributed by atoms with van der Waals surface area (Å²) in [6, 6.07) is 17.2. The van der Waals surface area contributed by atoms with E-state index < -0.39 is 0 Å². The van der Waals surface area contributed by atoms with Gasteiger partial charge in [0.1, 0.15) is 11.3 Å². The third-order valence-corrected chi connectivity index (χ3v) is 3.50. The van der Waals surface area contributed by atoms with Gasteiger partial charge in [-0.25, -0.2) is 0 Å². The molecule has 0 unspecified atom stereocenters. The summed E-state index contributed by atoms with van der Waals surface area (Å²) in [5, 5.41) is 4.01. The molecule has 2 aromatic carbocycles. The number of fused-ring (bicyclic) bond motifs is 1. The maximum absolute atomic E-state index is 12.2. The zero-order valence-electron chi connectivity index (χ0n) is 12.1. The van der Waals surface area contributed by atoms with E-state index in [1.165, 1.54) is 0 Å². The highest BCUT2D eigenvalue weighted by Crippen LogP contribution is 2.23. The molecule has 0 saturated heterocycles. The number of amides is 1. The zero-order valence-corrected chi connectivity index (χ0v) is 12.1. The third kappa shape index (κ3) is 2.82. The molecular weight excluding hydrogens is 262 g/mol. The standard InChI is InChI=1S/C18H17NO2/c1-12-6-5-8-15(10-12)18(20)19-13(2)17-11-14-7-3-4-9-16(14)21-17/h3-11,13H,1-2H3,(H,19,20)/t13-/m0/s1. The number of furan rings is 1. The molecule has 0 aliphatic heterocycles. The molecule has 1 atom stereocenters. The topological polar surface area (TPSA) is 42.2 Å². The second-order valence-corrected chi connectivity index (χ2v) is 5.25. The van der Waals surface area contributed by atoms with Crippen LogP contribution in [-0.2, 0) is 0 Å². The average Bonchev–Trinajstić information content (AvgIpc) is 2.91. The normalized spacial score (nSPS) is 12.3. The zero-order chi connectivity index (χ0) is 14.8. The van der Waals surface area contributed by atoms with Gasteiger partial charge in [-0.1, -0.05) is 35.9 Å². The molecule has 1 aromatic heterocycles. The molecule has 0 saturated carbocycles. The number of hydrogen-bond acceptors (Lipinski definition) is 2. The minimum Gasteiger partial charge on any atom is -0.459 e. The second kappa shape index (κ2) is 5.44. The van der Waals surface area contributed by atoms with Crippen molar-refractivity contribution < 1.29 is 9.21 Å². The molecule has 21 heavy (non-hydrogen) atoms. The number of benzene rings is 2. The fraction of sp³-hybridized carbons (Fsp3) is 0.167. The molecule has 0 radical (unpaired) electrons. The number of nitrogens with one attached hydrogen (secondary N) is 1. The van der Waals surface area contributed by atoms with E-state index in [1.54, 1.807) is 0 Å². The molecule has 3 rings (SSSR count). The van der Waals surface area contributed by atoms with Gasteiger partial charge in [0.15, 0.2) is 0 Å². The van der Waals surface area contributed by atoms with Crippen LogP contribution in [-0.4, -0.2) is 5.91 Å². The molecule has 3 nitrogen and oxygen atoms in total. The molecular formula is C18H17NO2. The molecule has 0 spiro atoms. The van der Waals surface area contributed by atoms with Crippen molar-refractivity contribution in [1.82, 2.24) is 5.32 Å². The predicted molar refractivity (Wildman–Crippen MR) is 83.3 cm³/mol. The Morgan fingerprint density at radius 2 is 1.90 bits per heavy atom. The number of para-hydroxylation sites is 1. The van der Waals surface area contributed by atoms with E-state index in [-0.39, 0.29) is 11.9 Å². The van der Waals surface area contributed by atoms with Crippen molar-refractivity contribution in [3.8, 4) is 0 Å². The van der Waals surface area contributed by atoms with Crippen LogP contribution < -0.4 is 5.32 Å². The summed E-state index contributed by atoms with van der Waals surface area (Å²) < 4.78 is 5.78. The fourth-order valence-electron chi connectivity index (χ4n) is 2.35. The lowest BCUT2D eigenvalue weighted by molar-refractivity contribution is 0.0935. The van der Waals surface area contributed by atoms with E-state index in [1.807, 2.05) is 68.4 Å². The molecule has 1 amide bonds. The molecule has 0 fully saturated rings. The van der Waals surface area contributed by atoms with E-state index in [0.717, 1.165) is 22.3 Å². The van der Waals surface area contributed by atoms with Crippen molar-refractivity contribution in [1.29, 1.82) is 0 Å². The molecule has 1 N–H and O–H groups in total. The lowest BCUT2D eigenvalue weighted by atomic mass is 10.1. The van der Waals surface area contributed by atoms with Gasteiger partial charge >= 0.3 is 0 Å². The minimum atomic E-state index is -0.176. The highest BCUT2D eigenvalue weighted by molar-refractivity contribution is 5.94. The Morgan fingerprint density at radius 3 is 2.67 bits per heavy atom. The highest BCUT2D eigenvalue weighted by Gasteiger charge is 2.15. The molecule has 0 aliphatic carbocycles. The van der Waals surface area contributed by atoms with E-state index in [4.69, 9.17) is 4.42 Å². The van der Waals surface area contributed by atoms with Crippen LogP contribution in [0.5, 0.6) is 0 Å². The van der Waals surface area contributed by atoms with Gasteiger partial charge in [-0.2, -0.15) is 0 Å². The van der Waals surface area contributed by atoms with E-state index in [2.05, 4.69) is 5.32 Å². The molecule has 106 valence electrons. The summed E-state index contributed by atoms with van der Waals surface area (Å²) in [4.78, 5) is 12.2. The minimum absolute atomic E-state index is 0.0911. The largest absolute Gasteiger partial charge is 0.459 e. The average molecular weight is 279 g/mol. The van der Waals surface area contributed by atoms with Gasteiger partial charge in [0, 0.05) is 10.9 Å². The Kier molecular flexibility index (Phi) is 3.48. The molecule has 0 aliphatic rings. The Hall–Kier alpha value is -2.55. The van der Waals surface area contributed by atoms with Crippen molar-refractivity contribution in [2.75, 3.05) is 0 Å². The van der Waals surface area contributed by atoms with Crippen LogP contribution in [0.4, 0.5) is 0 Å². The molecule has 3 heteroatoms.